The normalized spacial score (nSPS) is 13.3. The number of H-pyrrole nitrogens is 1. The molecule has 1 fully saturated rings. The van der Waals surface area contributed by atoms with Gasteiger partial charge in [0.15, 0.2) is 0 Å². The molecule has 1 saturated carbocycles. The highest BCUT2D eigenvalue weighted by atomic mass is 16.1. The quantitative estimate of drug-likeness (QED) is 0.627. The second-order valence-corrected chi connectivity index (χ2v) is 6.21. The fourth-order valence-electron chi connectivity index (χ4n) is 2.66. The van der Waals surface area contributed by atoms with Crippen LogP contribution in [0.15, 0.2) is 30.7 Å². The van der Waals surface area contributed by atoms with Gasteiger partial charge in [-0.25, -0.2) is 9.97 Å². The van der Waals surface area contributed by atoms with Crippen LogP contribution >= 0.6 is 0 Å². The lowest BCUT2D eigenvalue weighted by molar-refractivity contribution is 0.0950. The van der Waals surface area contributed by atoms with E-state index in [-0.39, 0.29) is 5.91 Å². The maximum Gasteiger partial charge on any atom is 0.251 e. The molecule has 2 heterocycles. The lowest BCUT2D eigenvalue weighted by Gasteiger charge is -2.07. The second-order valence-electron chi connectivity index (χ2n) is 6.21. The Morgan fingerprint density at radius 3 is 2.96 bits per heavy atom. The summed E-state index contributed by atoms with van der Waals surface area (Å²) in [6, 6.07) is 5.98. The molecule has 0 unspecified atom stereocenters. The molecular formula is C19H17N5O. The molecule has 6 nitrogen and oxygen atoms in total. The Morgan fingerprint density at radius 2 is 2.16 bits per heavy atom. The average Bonchev–Trinajstić information content (AvgIpc) is 3.31. The van der Waals surface area contributed by atoms with Crippen molar-refractivity contribution in [2.75, 3.05) is 5.73 Å². The minimum absolute atomic E-state index is 0.0339. The van der Waals surface area contributed by atoms with Gasteiger partial charge in [-0.15, -0.1) is 0 Å². The van der Waals surface area contributed by atoms with Crippen molar-refractivity contribution in [1.82, 2.24) is 20.3 Å². The van der Waals surface area contributed by atoms with Gasteiger partial charge in [0.05, 0.1) is 10.9 Å². The van der Waals surface area contributed by atoms with Gasteiger partial charge >= 0.3 is 0 Å². The Bertz CT molecular complexity index is 1040. The highest BCUT2D eigenvalue weighted by Gasteiger charge is 2.24. The van der Waals surface area contributed by atoms with Crippen LogP contribution in [0.4, 0.5) is 5.82 Å². The van der Waals surface area contributed by atoms with Crippen molar-refractivity contribution >= 4 is 22.8 Å². The highest BCUT2D eigenvalue weighted by molar-refractivity contribution is 5.96. The van der Waals surface area contributed by atoms with Gasteiger partial charge in [-0.1, -0.05) is 17.9 Å². The van der Waals surface area contributed by atoms with Crippen molar-refractivity contribution in [3.8, 4) is 11.8 Å². The smallest absolute Gasteiger partial charge is 0.251 e. The third kappa shape index (κ3) is 3.04. The molecule has 1 aliphatic rings. The summed E-state index contributed by atoms with van der Waals surface area (Å²) < 4.78 is 0. The maximum absolute atomic E-state index is 12.3. The molecule has 0 atom stereocenters. The molecule has 2 aromatic heterocycles. The molecule has 0 radical (unpaired) electrons. The molecule has 3 aromatic rings. The van der Waals surface area contributed by atoms with Crippen LogP contribution in [0.5, 0.6) is 0 Å². The zero-order valence-corrected chi connectivity index (χ0v) is 13.8. The van der Waals surface area contributed by atoms with Crippen LogP contribution in [0.1, 0.15) is 39.9 Å². The van der Waals surface area contributed by atoms with Crippen LogP contribution in [0.3, 0.4) is 0 Å². The maximum atomic E-state index is 12.3. The highest BCUT2D eigenvalue weighted by Crippen LogP contribution is 2.21. The third-order valence-corrected chi connectivity index (χ3v) is 4.24. The molecule has 4 rings (SSSR count). The van der Waals surface area contributed by atoms with Crippen LogP contribution in [0, 0.1) is 18.8 Å². The van der Waals surface area contributed by atoms with E-state index in [1.165, 1.54) is 6.33 Å². The lowest BCUT2D eigenvalue weighted by atomic mass is 10.0. The molecule has 124 valence electrons. The topological polar surface area (TPSA) is 96.7 Å². The molecule has 0 spiro atoms. The van der Waals surface area contributed by atoms with Gasteiger partial charge in [0.2, 0.25) is 0 Å². The van der Waals surface area contributed by atoms with Gasteiger partial charge in [-0.05, 0) is 37.5 Å². The first kappa shape index (κ1) is 15.2. The Kier molecular flexibility index (Phi) is 3.62. The largest absolute Gasteiger partial charge is 0.383 e. The first-order valence-corrected chi connectivity index (χ1v) is 8.13. The number of rotatable bonds is 2. The number of nitrogens with two attached hydrogens (primary N) is 1. The predicted molar refractivity (Wildman–Crippen MR) is 95.9 cm³/mol. The van der Waals surface area contributed by atoms with Gasteiger partial charge in [0.1, 0.15) is 17.8 Å². The SMILES string of the molecule is Cc1ccc(C#Cc2c[nH]c3ncnc(N)c23)cc1C(=O)NC1CC1. The van der Waals surface area contributed by atoms with Gasteiger partial charge in [-0.2, -0.15) is 0 Å². The minimum atomic E-state index is -0.0339. The number of benzene rings is 1. The number of nitrogens with zero attached hydrogens (tertiary/aromatic N) is 2. The van der Waals surface area contributed by atoms with Crippen molar-refractivity contribution in [3.05, 3.63) is 53.0 Å². The molecule has 25 heavy (non-hydrogen) atoms. The lowest BCUT2D eigenvalue weighted by Crippen LogP contribution is -2.26. The van der Waals surface area contributed by atoms with Gasteiger partial charge in [0, 0.05) is 23.4 Å². The first-order chi connectivity index (χ1) is 12.1. The molecule has 1 aliphatic carbocycles. The molecular weight excluding hydrogens is 314 g/mol. The van der Waals surface area contributed by atoms with E-state index >= 15 is 0 Å². The molecule has 6 heteroatoms. The van der Waals surface area contributed by atoms with Gasteiger partial charge in [0.25, 0.3) is 5.91 Å². The van der Waals surface area contributed by atoms with Crippen LogP contribution in [0.2, 0.25) is 0 Å². The predicted octanol–water partition coefficient (Wildman–Crippen LogP) is 2.14. The fraction of sp³-hybridized carbons (Fsp3) is 0.211. The second kappa shape index (κ2) is 5.95. The molecule has 0 saturated heterocycles. The summed E-state index contributed by atoms with van der Waals surface area (Å²) in [5.41, 5.74) is 9.69. The van der Waals surface area contributed by atoms with Crippen LogP contribution < -0.4 is 11.1 Å². The summed E-state index contributed by atoms with van der Waals surface area (Å²) in [5.74, 6) is 6.55. The van der Waals surface area contributed by atoms with E-state index < -0.39 is 0 Å². The number of carbonyl (C=O) groups excluding carboxylic acids is 1. The Labute approximate surface area is 144 Å². The van der Waals surface area contributed by atoms with Gasteiger partial charge in [-0.3, -0.25) is 4.79 Å². The van der Waals surface area contributed by atoms with Crippen molar-refractivity contribution < 1.29 is 4.79 Å². The summed E-state index contributed by atoms with van der Waals surface area (Å²) in [6.07, 6.45) is 5.30. The zero-order chi connectivity index (χ0) is 17.4. The van der Waals surface area contributed by atoms with Crippen molar-refractivity contribution in [3.63, 3.8) is 0 Å². The van der Waals surface area contributed by atoms with E-state index in [1.54, 1.807) is 6.20 Å². The van der Waals surface area contributed by atoms with Crippen molar-refractivity contribution in [2.45, 2.75) is 25.8 Å². The fourth-order valence-corrected chi connectivity index (χ4v) is 2.66. The molecule has 1 amide bonds. The van der Waals surface area contributed by atoms with E-state index in [2.05, 4.69) is 32.1 Å². The van der Waals surface area contributed by atoms with Crippen LogP contribution in [-0.4, -0.2) is 26.9 Å². The summed E-state index contributed by atoms with van der Waals surface area (Å²) >= 11 is 0. The summed E-state index contributed by atoms with van der Waals surface area (Å²) in [7, 11) is 0. The number of fused-ring (bicyclic) bond motifs is 1. The number of aromatic nitrogens is 3. The number of anilines is 1. The number of nitrogens with one attached hydrogen (secondary N) is 2. The average molecular weight is 331 g/mol. The molecule has 0 bridgehead atoms. The number of nitrogen functional groups attached to an aromatic ring is 1. The monoisotopic (exact) mass is 331 g/mol. The molecule has 4 N–H and O–H groups in total. The van der Waals surface area contributed by atoms with E-state index in [0.717, 1.165) is 29.5 Å². The summed E-state index contributed by atoms with van der Waals surface area (Å²) in [4.78, 5) is 23.5. The number of aryl methyl sites for hydroxylation is 1. The van der Waals surface area contributed by atoms with E-state index in [1.807, 2.05) is 25.1 Å². The third-order valence-electron chi connectivity index (χ3n) is 4.24. The first-order valence-electron chi connectivity index (χ1n) is 8.13. The minimum Gasteiger partial charge on any atom is -0.383 e. The standard InChI is InChI=1S/C19H17N5O/c1-11-2-3-12(8-15(11)19(25)24-14-6-7-14)4-5-13-9-21-18-16(13)17(20)22-10-23-18/h2-3,8-10,14H,6-7H2,1H3,(H,24,25)(H3,20,21,22,23). The van der Waals surface area contributed by atoms with E-state index in [4.69, 9.17) is 5.73 Å². The number of hydrogen-bond acceptors (Lipinski definition) is 4. The number of carbonyl (C=O) groups is 1. The summed E-state index contributed by atoms with van der Waals surface area (Å²) in [5, 5.41) is 3.73. The van der Waals surface area contributed by atoms with Crippen molar-refractivity contribution in [2.24, 2.45) is 0 Å². The van der Waals surface area contributed by atoms with Gasteiger partial charge < -0.3 is 16.0 Å². The van der Waals surface area contributed by atoms with Crippen molar-refractivity contribution in [1.29, 1.82) is 0 Å². The Hall–Kier alpha value is -3.33. The zero-order valence-electron chi connectivity index (χ0n) is 13.8. The number of amides is 1. The Balaban J connectivity index is 1.67. The van der Waals surface area contributed by atoms with Crippen LogP contribution in [-0.2, 0) is 0 Å². The van der Waals surface area contributed by atoms with Crippen LogP contribution in [0.25, 0.3) is 11.0 Å². The number of aromatic amines is 1. The van der Waals surface area contributed by atoms with E-state index in [9.17, 15) is 4.79 Å². The molecule has 1 aromatic carbocycles. The number of hydrogen-bond donors (Lipinski definition) is 3. The Morgan fingerprint density at radius 1 is 1.32 bits per heavy atom. The molecule has 0 aliphatic heterocycles. The summed E-state index contributed by atoms with van der Waals surface area (Å²) in [6.45, 7) is 1.93. The van der Waals surface area contributed by atoms with E-state index in [0.29, 0.717) is 28.5 Å².